The molecule has 0 aromatic carbocycles. The Morgan fingerprint density at radius 1 is 1.53 bits per heavy atom. The van der Waals surface area contributed by atoms with Crippen molar-refractivity contribution in [2.45, 2.75) is 32.2 Å². The van der Waals surface area contributed by atoms with Crippen molar-refractivity contribution in [1.82, 2.24) is 5.32 Å². The van der Waals surface area contributed by atoms with Crippen LogP contribution in [0.5, 0.6) is 0 Å². The smallest absolute Gasteiger partial charge is 0.244 e. The Balaban J connectivity index is 2.48. The molecule has 1 rings (SSSR count). The van der Waals surface area contributed by atoms with Crippen molar-refractivity contribution in [2.75, 3.05) is 6.54 Å². The van der Waals surface area contributed by atoms with Gasteiger partial charge in [-0.25, -0.2) is 0 Å². The first-order valence-electron chi connectivity index (χ1n) is 5.44. The quantitative estimate of drug-likeness (QED) is 0.529. The molecule has 0 saturated heterocycles. The van der Waals surface area contributed by atoms with Crippen molar-refractivity contribution in [3.8, 4) is 0 Å². The van der Waals surface area contributed by atoms with Crippen LogP contribution < -0.4 is 11.1 Å². The summed E-state index contributed by atoms with van der Waals surface area (Å²) in [6.45, 7) is 4.43. The lowest BCUT2D eigenvalue weighted by molar-refractivity contribution is -0.118. The van der Waals surface area contributed by atoms with Gasteiger partial charge in [0.1, 0.15) is 0 Å². The molecule has 1 fully saturated rings. The number of rotatable bonds is 5. The summed E-state index contributed by atoms with van der Waals surface area (Å²) in [5.41, 5.74) is 5.47. The zero-order valence-corrected chi connectivity index (χ0v) is 9.49. The fraction of sp³-hybridized carbons (Fsp3) is 0.583. The zero-order chi connectivity index (χ0) is 11.3. The van der Waals surface area contributed by atoms with Crippen LogP contribution >= 0.6 is 0 Å². The van der Waals surface area contributed by atoms with Crippen LogP contribution in [-0.2, 0) is 4.79 Å². The largest absolute Gasteiger partial charge is 0.346 e. The summed E-state index contributed by atoms with van der Waals surface area (Å²) in [5.74, 6) is 0.495. The number of nitrogens with two attached hydrogens (primary N) is 1. The van der Waals surface area contributed by atoms with E-state index < -0.39 is 0 Å². The first-order valence-corrected chi connectivity index (χ1v) is 5.44. The molecular weight excluding hydrogens is 188 g/mol. The second kappa shape index (κ2) is 5.12. The third-order valence-corrected chi connectivity index (χ3v) is 2.86. The molecule has 0 aliphatic heterocycles. The monoisotopic (exact) mass is 208 g/mol. The predicted octanol–water partition coefficient (Wildman–Crippen LogP) is 1.36. The van der Waals surface area contributed by atoms with Gasteiger partial charge in [-0.2, -0.15) is 0 Å². The highest BCUT2D eigenvalue weighted by atomic mass is 16.1. The van der Waals surface area contributed by atoms with Gasteiger partial charge < -0.3 is 11.1 Å². The van der Waals surface area contributed by atoms with E-state index in [2.05, 4.69) is 5.32 Å². The van der Waals surface area contributed by atoms with Crippen LogP contribution in [-0.4, -0.2) is 18.0 Å². The van der Waals surface area contributed by atoms with Gasteiger partial charge in [0.25, 0.3) is 0 Å². The fourth-order valence-corrected chi connectivity index (χ4v) is 1.62. The molecule has 0 heterocycles. The number of carbonyl (C=O) groups excluding carboxylic acids is 1. The van der Waals surface area contributed by atoms with Gasteiger partial charge in [0.05, 0.1) is 5.54 Å². The lowest BCUT2D eigenvalue weighted by Crippen LogP contribution is -2.52. The fourth-order valence-electron chi connectivity index (χ4n) is 1.62. The van der Waals surface area contributed by atoms with E-state index in [4.69, 9.17) is 5.73 Å². The third-order valence-electron chi connectivity index (χ3n) is 2.86. The SMILES string of the molecule is C/C=C/C=CC(=O)NC(C)(CN)C1CC1. The molecular formula is C12H20N2O. The van der Waals surface area contributed by atoms with Gasteiger partial charge in [-0.05, 0) is 32.6 Å². The molecule has 3 N–H and O–H groups in total. The number of allylic oxidation sites excluding steroid dienone is 3. The Bertz CT molecular complexity index is 279. The van der Waals surface area contributed by atoms with Crippen LogP contribution in [0.1, 0.15) is 26.7 Å². The standard InChI is InChI=1S/C12H20N2O/c1-3-4-5-6-11(15)14-12(2,9-13)10-7-8-10/h3-6,10H,7-9,13H2,1-2H3,(H,14,15)/b4-3+,6-5?. The highest BCUT2D eigenvalue weighted by molar-refractivity contribution is 5.88. The maximum absolute atomic E-state index is 11.5. The average molecular weight is 208 g/mol. The van der Waals surface area contributed by atoms with Gasteiger partial charge in [0.2, 0.25) is 5.91 Å². The minimum absolute atomic E-state index is 0.0621. The highest BCUT2D eigenvalue weighted by Gasteiger charge is 2.41. The summed E-state index contributed by atoms with van der Waals surface area (Å²) in [5, 5.41) is 2.98. The van der Waals surface area contributed by atoms with Crippen molar-refractivity contribution < 1.29 is 4.79 Å². The van der Waals surface area contributed by atoms with E-state index in [1.54, 1.807) is 6.08 Å². The maximum Gasteiger partial charge on any atom is 0.244 e. The highest BCUT2D eigenvalue weighted by Crippen LogP contribution is 2.38. The number of carbonyl (C=O) groups is 1. The summed E-state index contributed by atoms with van der Waals surface area (Å²) in [7, 11) is 0. The van der Waals surface area contributed by atoms with Crippen LogP contribution in [0, 0.1) is 5.92 Å². The van der Waals surface area contributed by atoms with Crippen molar-refractivity contribution in [1.29, 1.82) is 0 Å². The van der Waals surface area contributed by atoms with Gasteiger partial charge in [0, 0.05) is 12.6 Å². The molecule has 0 radical (unpaired) electrons. The molecule has 3 nitrogen and oxygen atoms in total. The molecule has 0 aromatic heterocycles. The summed E-state index contributed by atoms with van der Waals surface area (Å²) in [6.07, 6.45) is 9.33. The minimum Gasteiger partial charge on any atom is -0.346 e. The van der Waals surface area contributed by atoms with Gasteiger partial charge in [-0.15, -0.1) is 0 Å². The van der Waals surface area contributed by atoms with Crippen molar-refractivity contribution in [2.24, 2.45) is 11.7 Å². The third kappa shape index (κ3) is 3.51. The topological polar surface area (TPSA) is 55.1 Å². The molecule has 1 unspecified atom stereocenters. The molecule has 1 saturated carbocycles. The summed E-state index contributed by atoms with van der Waals surface area (Å²) in [6, 6.07) is 0. The molecule has 1 aliphatic carbocycles. The number of amides is 1. The average Bonchev–Trinajstić information content (AvgIpc) is 3.01. The summed E-state index contributed by atoms with van der Waals surface area (Å²) < 4.78 is 0. The Hall–Kier alpha value is -1.09. The van der Waals surface area contributed by atoms with E-state index in [1.165, 1.54) is 18.9 Å². The second-order valence-corrected chi connectivity index (χ2v) is 4.27. The minimum atomic E-state index is -0.225. The first kappa shape index (κ1) is 12.0. The van der Waals surface area contributed by atoms with Crippen LogP contribution in [0.4, 0.5) is 0 Å². The van der Waals surface area contributed by atoms with E-state index >= 15 is 0 Å². The Morgan fingerprint density at radius 2 is 2.20 bits per heavy atom. The van der Waals surface area contributed by atoms with Crippen molar-refractivity contribution in [3.63, 3.8) is 0 Å². The van der Waals surface area contributed by atoms with Crippen LogP contribution in [0.3, 0.4) is 0 Å². The molecule has 0 bridgehead atoms. The van der Waals surface area contributed by atoms with Crippen molar-refractivity contribution in [3.05, 3.63) is 24.3 Å². The molecule has 15 heavy (non-hydrogen) atoms. The maximum atomic E-state index is 11.5. The van der Waals surface area contributed by atoms with Crippen LogP contribution in [0.15, 0.2) is 24.3 Å². The number of hydrogen-bond acceptors (Lipinski definition) is 2. The van der Waals surface area contributed by atoms with E-state index in [0.717, 1.165) is 0 Å². The van der Waals surface area contributed by atoms with E-state index in [9.17, 15) is 4.79 Å². The summed E-state index contributed by atoms with van der Waals surface area (Å²) in [4.78, 5) is 11.5. The molecule has 1 atom stereocenters. The van der Waals surface area contributed by atoms with Gasteiger partial charge in [-0.3, -0.25) is 4.79 Å². The van der Waals surface area contributed by atoms with Crippen molar-refractivity contribution >= 4 is 5.91 Å². The molecule has 0 aromatic rings. The van der Waals surface area contributed by atoms with Crippen LogP contribution in [0.25, 0.3) is 0 Å². The first-order chi connectivity index (χ1) is 7.12. The predicted molar refractivity (Wildman–Crippen MR) is 62.3 cm³/mol. The molecule has 1 aliphatic rings. The van der Waals surface area contributed by atoms with E-state index in [-0.39, 0.29) is 11.4 Å². The molecule has 84 valence electrons. The second-order valence-electron chi connectivity index (χ2n) is 4.27. The Kier molecular flexibility index (Phi) is 4.09. The van der Waals surface area contributed by atoms with Gasteiger partial charge >= 0.3 is 0 Å². The lowest BCUT2D eigenvalue weighted by Gasteiger charge is -2.28. The normalized spacial score (nSPS) is 20.7. The Morgan fingerprint density at radius 3 is 2.67 bits per heavy atom. The number of hydrogen-bond donors (Lipinski definition) is 2. The molecule has 1 amide bonds. The van der Waals surface area contributed by atoms with Gasteiger partial charge in [0.15, 0.2) is 0 Å². The summed E-state index contributed by atoms with van der Waals surface area (Å²) >= 11 is 0. The molecule has 3 heteroatoms. The molecule has 0 spiro atoms. The number of nitrogens with one attached hydrogen (secondary N) is 1. The lowest BCUT2D eigenvalue weighted by atomic mass is 9.96. The van der Waals surface area contributed by atoms with Gasteiger partial charge in [-0.1, -0.05) is 18.2 Å². The zero-order valence-electron chi connectivity index (χ0n) is 9.49. The van der Waals surface area contributed by atoms with Crippen LogP contribution in [0.2, 0.25) is 0 Å². The van der Waals surface area contributed by atoms with E-state index in [0.29, 0.717) is 12.5 Å². The van der Waals surface area contributed by atoms with E-state index in [1.807, 2.05) is 26.0 Å². The Labute approximate surface area is 91.4 Å².